The molecule has 1 saturated carbocycles. The molecule has 0 spiro atoms. The fourth-order valence-corrected chi connectivity index (χ4v) is 2.82. The molecule has 4 heteroatoms. The first-order chi connectivity index (χ1) is 8.27. The first-order valence-corrected chi connectivity index (χ1v) is 6.92. The van der Waals surface area contributed by atoms with Crippen molar-refractivity contribution in [3.63, 3.8) is 0 Å². The third kappa shape index (κ3) is 2.79. The van der Waals surface area contributed by atoms with Gasteiger partial charge >= 0.3 is 6.09 Å². The van der Waals surface area contributed by atoms with Crippen LogP contribution in [0.3, 0.4) is 0 Å². The highest BCUT2D eigenvalue weighted by Crippen LogP contribution is 2.46. The van der Waals surface area contributed by atoms with E-state index in [1.807, 2.05) is 20.8 Å². The average molecular weight is 255 g/mol. The van der Waals surface area contributed by atoms with E-state index in [2.05, 4.69) is 12.2 Å². The SMILES string of the molecule is CC(C)(C)OC(=O)NC1(C2(C)CO2)CCCCC1. The molecule has 1 N–H and O–H groups in total. The number of ether oxygens (including phenoxy) is 2. The summed E-state index contributed by atoms with van der Waals surface area (Å²) in [5.41, 5.74) is -0.872. The number of alkyl carbamates (subject to hydrolysis) is 1. The zero-order valence-electron chi connectivity index (χ0n) is 12.0. The average Bonchev–Trinajstić information content (AvgIpc) is 2.96. The van der Waals surface area contributed by atoms with Gasteiger partial charge in [0.1, 0.15) is 11.2 Å². The van der Waals surface area contributed by atoms with E-state index in [4.69, 9.17) is 9.47 Å². The quantitative estimate of drug-likeness (QED) is 0.772. The lowest BCUT2D eigenvalue weighted by atomic mass is 9.73. The van der Waals surface area contributed by atoms with Gasteiger partial charge in [-0.3, -0.25) is 0 Å². The standard InChI is InChI=1S/C14H25NO3/c1-12(2,3)18-11(16)15-14(13(4)10-17-13)8-6-5-7-9-14/h5-10H2,1-4H3,(H,15,16). The molecule has 2 aliphatic rings. The smallest absolute Gasteiger partial charge is 0.408 e. The molecular formula is C14H25NO3. The maximum absolute atomic E-state index is 12.0. The Bertz CT molecular complexity index is 322. The van der Waals surface area contributed by atoms with Crippen LogP contribution in [-0.4, -0.2) is 29.4 Å². The molecule has 2 fully saturated rings. The third-order valence-electron chi connectivity index (χ3n) is 4.04. The normalized spacial score (nSPS) is 30.7. The van der Waals surface area contributed by atoms with Crippen LogP contribution in [0.2, 0.25) is 0 Å². The highest BCUT2D eigenvalue weighted by molar-refractivity contribution is 5.69. The molecule has 0 aromatic carbocycles. The van der Waals surface area contributed by atoms with Crippen molar-refractivity contribution < 1.29 is 14.3 Å². The van der Waals surface area contributed by atoms with Gasteiger partial charge in [0.2, 0.25) is 0 Å². The second kappa shape index (κ2) is 4.41. The van der Waals surface area contributed by atoms with Gasteiger partial charge in [0.25, 0.3) is 0 Å². The van der Waals surface area contributed by atoms with Gasteiger partial charge in [0.15, 0.2) is 0 Å². The maximum Gasteiger partial charge on any atom is 0.408 e. The van der Waals surface area contributed by atoms with Crippen molar-refractivity contribution in [3.8, 4) is 0 Å². The maximum atomic E-state index is 12.0. The lowest BCUT2D eigenvalue weighted by Crippen LogP contribution is -2.59. The number of nitrogens with one attached hydrogen (secondary N) is 1. The van der Waals surface area contributed by atoms with Crippen LogP contribution in [0, 0.1) is 0 Å². The summed E-state index contributed by atoms with van der Waals surface area (Å²) in [5.74, 6) is 0. The second-order valence-corrected chi connectivity index (χ2v) is 6.79. The molecule has 1 heterocycles. The van der Waals surface area contributed by atoms with Gasteiger partial charge in [0, 0.05) is 0 Å². The van der Waals surface area contributed by atoms with Gasteiger partial charge in [-0.2, -0.15) is 0 Å². The van der Waals surface area contributed by atoms with Crippen LogP contribution >= 0.6 is 0 Å². The van der Waals surface area contributed by atoms with Crippen LogP contribution in [0.4, 0.5) is 4.79 Å². The lowest BCUT2D eigenvalue weighted by molar-refractivity contribution is 0.0313. The summed E-state index contributed by atoms with van der Waals surface area (Å²) in [6, 6.07) is 0. The highest BCUT2D eigenvalue weighted by atomic mass is 16.6. The van der Waals surface area contributed by atoms with E-state index in [0.717, 1.165) is 32.3 Å². The van der Waals surface area contributed by atoms with Gasteiger partial charge in [0.05, 0.1) is 12.1 Å². The van der Waals surface area contributed by atoms with Crippen molar-refractivity contribution in [2.45, 2.75) is 76.5 Å². The lowest BCUT2D eigenvalue weighted by Gasteiger charge is -2.41. The molecule has 1 amide bonds. The molecule has 1 aliphatic carbocycles. The van der Waals surface area contributed by atoms with E-state index in [9.17, 15) is 4.79 Å². The first kappa shape index (κ1) is 13.7. The van der Waals surface area contributed by atoms with E-state index < -0.39 is 5.60 Å². The summed E-state index contributed by atoms with van der Waals surface area (Å²) in [7, 11) is 0. The van der Waals surface area contributed by atoms with E-state index >= 15 is 0 Å². The minimum Gasteiger partial charge on any atom is -0.444 e. The second-order valence-electron chi connectivity index (χ2n) is 6.79. The predicted molar refractivity (Wildman–Crippen MR) is 69.5 cm³/mol. The summed E-state index contributed by atoms with van der Waals surface area (Å²) >= 11 is 0. The summed E-state index contributed by atoms with van der Waals surface area (Å²) in [6.07, 6.45) is 5.20. The van der Waals surface area contributed by atoms with E-state index in [-0.39, 0.29) is 17.2 Å². The fourth-order valence-electron chi connectivity index (χ4n) is 2.82. The fraction of sp³-hybridized carbons (Fsp3) is 0.929. The van der Waals surface area contributed by atoms with Crippen molar-refractivity contribution in [3.05, 3.63) is 0 Å². The molecule has 1 atom stereocenters. The van der Waals surface area contributed by atoms with Crippen LogP contribution in [0.25, 0.3) is 0 Å². The molecule has 0 bridgehead atoms. The monoisotopic (exact) mass is 255 g/mol. The molecule has 1 unspecified atom stereocenters. The summed E-state index contributed by atoms with van der Waals surface area (Å²) < 4.78 is 11.0. The zero-order chi connectivity index (χ0) is 13.4. The summed E-state index contributed by atoms with van der Waals surface area (Å²) in [4.78, 5) is 12.0. The topological polar surface area (TPSA) is 50.9 Å². The minimum absolute atomic E-state index is 0.190. The van der Waals surface area contributed by atoms with Crippen molar-refractivity contribution in [1.29, 1.82) is 0 Å². The Morgan fingerprint density at radius 1 is 1.22 bits per heavy atom. The molecule has 1 aliphatic heterocycles. The van der Waals surface area contributed by atoms with Crippen LogP contribution < -0.4 is 5.32 Å². The predicted octanol–water partition coefficient (Wildman–Crippen LogP) is 3.00. The minimum atomic E-state index is -0.453. The van der Waals surface area contributed by atoms with Crippen molar-refractivity contribution >= 4 is 6.09 Å². The van der Waals surface area contributed by atoms with E-state index in [0.29, 0.717) is 0 Å². The molecule has 0 radical (unpaired) electrons. The Labute approximate surface area is 109 Å². The number of epoxide rings is 1. The summed E-state index contributed by atoms with van der Waals surface area (Å²) in [5, 5.41) is 3.11. The van der Waals surface area contributed by atoms with Crippen LogP contribution in [-0.2, 0) is 9.47 Å². The molecule has 0 aromatic heterocycles. The molecule has 1 saturated heterocycles. The Morgan fingerprint density at radius 3 is 2.22 bits per heavy atom. The van der Waals surface area contributed by atoms with Gasteiger partial charge in [-0.25, -0.2) is 4.79 Å². The number of hydrogen-bond acceptors (Lipinski definition) is 3. The number of amides is 1. The first-order valence-electron chi connectivity index (χ1n) is 6.92. The molecular weight excluding hydrogens is 230 g/mol. The number of carbonyl (C=O) groups is 1. The van der Waals surface area contributed by atoms with Crippen LogP contribution in [0.15, 0.2) is 0 Å². The van der Waals surface area contributed by atoms with Crippen LogP contribution in [0.5, 0.6) is 0 Å². The molecule has 104 valence electrons. The van der Waals surface area contributed by atoms with Gasteiger partial charge in [-0.1, -0.05) is 19.3 Å². The zero-order valence-corrected chi connectivity index (χ0v) is 12.0. The Hall–Kier alpha value is -0.770. The van der Waals surface area contributed by atoms with Crippen molar-refractivity contribution in [1.82, 2.24) is 5.32 Å². The number of carbonyl (C=O) groups excluding carboxylic acids is 1. The van der Waals surface area contributed by atoms with Crippen molar-refractivity contribution in [2.75, 3.05) is 6.61 Å². The van der Waals surface area contributed by atoms with E-state index in [1.54, 1.807) is 0 Å². The number of rotatable bonds is 2. The summed E-state index contributed by atoms with van der Waals surface area (Å²) in [6.45, 7) is 8.48. The Morgan fingerprint density at radius 2 is 1.78 bits per heavy atom. The largest absolute Gasteiger partial charge is 0.444 e. The molecule has 4 nitrogen and oxygen atoms in total. The number of hydrogen-bond donors (Lipinski definition) is 1. The Kier molecular flexibility index (Phi) is 3.34. The molecule has 0 aromatic rings. The van der Waals surface area contributed by atoms with Gasteiger partial charge in [-0.05, 0) is 40.5 Å². The van der Waals surface area contributed by atoms with E-state index in [1.165, 1.54) is 6.42 Å². The van der Waals surface area contributed by atoms with Gasteiger partial charge in [-0.15, -0.1) is 0 Å². The highest BCUT2D eigenvalue weighted by Gasteiger charge is 2.59. The molecule has 2 rings (SSSR count). The Balaban J connectivity index is 2.04. The van der Waals surface area contributed by atoms with Gasteiger partial charge < -0.3 is 14.8 Å². The van der Waals surface area contributed by atoms with Crippen molar-refractivity contribution in [2.24, 2.45) is 0 Å². The molecule has 18 heavy (non-hydrogen) atoms. The van der Waals surface area contributed by atoms with Crippen LogP contribution in [0.1, 0.15) is 59.8 Å². The third-order valence-corrected chi connectivity index (χ3v) is 4.04.